The molecule has 0 aliphatic heterocycles. The van der Waals surface area contributed by atoms with E-state index in [0.717, 1.165) is 5.56 Å². The smallest absolute Gasteiger partial charge is 0.408 e. The summed E-state index contributed by atoms with van der Waals surface area (Å²) in [5.41, 5.74) is 0.160. The van der Waals surface area contributed by atoms with Crippen molar-refractivity contribution >= 4 is 17.8 Å². The predicted molar refractivity (Wildman–Crippen MR) is 93.9 cm³/mol. The molecular formula is C19H27NO5. The number of hydrogen-bond donors (Lipinski definition) is 1. The summed E-state index contributed by atoms with van der Waals surface area (Å²) < 4.78 is 10.4. The highest BCUT2D eigenvalue weighted by Crippen LogP contribution is 2.12. The van der Waals surface area contributed by atoms with Crippen LogP contribution in [0.3, 0.4) is 0 Å². The fourth-order valence-corrected chi connectivity index (χ4v) is 2.01. The van der Waals surface area contributed by atoms with Gasteiger partial charge in [-0.3, -0.25) is 4.79 Å². The summed E-state index contributed by atoms with van der Waals surface area (Å²) in [6.07, 6.45) is 0.0459. The van der Waals surface area contributed by atoms with Crippen LogP contribution in [0.1, 0.15) is 52.5 Å². The summed E-state index contributed by atoms with van der Waals surface area (Å²) in [4.78, 5) is 35.8. The Morgan fingerprint density at radius 3 is 2.32 bits per heavy atom. The largest absolute Gasteiger partial charge is 0.458 e. The van der Waals surface area contributed by atoms with Crippen molar-refractivity contribution in [2.24, 2.45) is 0 Å². The molecule has 0 heterocycles. The van der Waals surface area contributed by atoms with E-state index >= 15 is 0 Å². The number of benzene rings is 1. The maximum absolute atomic E-state index is 12.3. The number of amides is 1. The van der Waals surface area contributed by atoms with E-state index in [1.54, 1.807) is 27.7 Å². The van der Waals surface area contributed by atoms with Crippen LogP contribution in [-0.4, -0.2) is 29.5 Å². The molecule has 0 unspecified atom stereocenters. The van der Waals surface area contributed by atoms with Gasteiger partial charge in [-0.1, -0.05) is 37.3 Å². The molecule has 0 radical (unpaired) electrons. The fraction of sp³-hybridized carbons (Fsp3) is 0.526. The molecule has 0 fully saturated rings. The molecule has 0 saturated carbocycles. The summed E-state index contributed by atoms with van der Waals surface area (Å²) in [6.45, 7) is 7.08. The number of carbonyl (C=O) groups is 3. The van der Waals surface area contributed by atoms with Gasteiger partial charge in [0.2, 0.25) is 0 Å². The van der Waals surface area contributed by atoms with Crippen LogP contribution in [0.5, 0.6) is 0 Å². The average Bonchev–Trinajstić information content (AvgIpc) is 2.55. The van der Waals surface area contributed by atoms with Gasteiger partial charge < -0.3 is 14.8 Å². The van der Waals surface area contributed by atoms with E-state index in [1.807, 2.05) is 30.3 Å². The van der Waals surface area contributed by atoms with Crippen LogP contribution in [0.25, 0.3) is 0 Å². The van der Waals surface area contributed by atoms with Gasteiger partial charge in [-0.15, -0.1) is 0 Å². The first kappa shape index (κ1) is 20.7. The van der Waals surface area contributed by atoms with Gasteiger partial charge in [0, 0.05) is 12.8 Å². The summed E-state index contributed by atoms with van der Waals surface area (Å²) in [7, 11) is 0. The van der Waals surface area contributed by atoms with E-state index in [-0.39, 0.29) is 25.2 Å². The van der Waals surface area contributed by atoms with Crippen molar-refractivity contribution in [3.05, 3.63) is 35.9 Å². The van der Waals surface area contributed by atoms with Crippen molar-refractivity contribution < 1.29 is 23.9 Å². The Labute approximate surface area is 148 Å². The quantitative estimate of drug-likeness (QED) is 0.728. The minimum absolute atomic E-state index is 0.0213. The normalized spacial score (nSPS) is 12.2. The van der Waals surface area contributed by atoms with E-state index in [2.05, 4.69) is 5.32 Å². The van der Waals surface area contributed by atoms with Crippen LogP contribution in [-0.2, 0) is 25.7 Å². The molecule has 6 heteroatoms. The highest BCUT2D eigenvalue weighted by atomic mass is 16.6. The molecule has 1 N–H and O–H groups in total. The molecule has 1 amide bonds. The van der Waals surface area contributed by atoms with E-state index in [4.69, 9.17) is 9.47 Å². The summed E-state index contributed by atoms with van der Waals surface area (Å²) in [6, 6.07) is 8.30. The zero-order chi connectivity index (χ0) is 18.9. The van der Waals surface area contributed by atoms with Gasteiger partial charge in [0.15, 0.2) is 0 Å². The molecule has 1 aromatic rings. The van der Waals surface area contributed by atoms with Gasteiger partial charge in [0.1, 0.15) is 24.0 Å². The first-order chi connectivity index (χ1) is 11.7. The van der Waals surface area contributed by atoms with Crippen molar-refractivity contribution in [3.63, 3.8) is 0 Å². The van der Waals surface area contributed by atoms with Gasteiger partial charge in [-0.2, -0.15) is 0 Å². The van der Waals surface area contributed by atoms with E-state index < -0.39 is 23.7 Å². The Bertz CT molecular complexity index is 577. The van der Waals surface area contributed by atoms with Gasteiger partial charge in [0.05, 0.1) is 0 Å². The molecule has 6 nitrogen and oxygen atoms in total. The molecule has 0 bridgehead atoms. The maximum atomic E-state index is 12.3. The topological polar surface area (TPSA) is 81.7 Å². The molecule has 0 saturated heterocycles. The van der Waals surface area contributed by atoms with Gasteiger partial charge >= 0.3 is 12.1 Å². The molecule has 0 spiro atoms. The predicted octanol–water partition coefficient (Wildman–Crippen LogP) is 3.38. The Balaban J connectivity index is 2.62. The second-order valence-corrected chi connectivity index (χ2v) is 6.72. The lowest BCUT2D eigenvalue weighted by Crippen LogP contribution is -2.44. The van der Waals surface area contributed by atoms with Crippen LogP contribution in [0, 0.1) is 0 Å². The minimum atomic E-state index is -0.919. The minimum Gasteiger partial charge on any atom is -0.458 e. The van der Waals surface area contributed by atoms with Crippen LogP contribution >= 0.6 is 0 Å². The summed E-state index contributed by atoms with van der Waals surface area (Å²) in [5, 5.41) is 2.50. The number of alkyl carbamates (subject to hydrolysis) is 1. The lowest BCUT2D eigenvalue weighted by molar-refractivity contribution is -0.157. The molecule has 1 rings (SSSR count). The standard InChI is InChI=1S/C19H27NO5/c1-5-15(21)11-12-16(17(22)25-19(2,3)4)20-18(23)24-13-14-9-7-6-8-10-14/h6-10,16H,5,11-13H2,1-4H3,(H,20,23)/t16-/m0/s1. The SMILES string of the molecule is CCC(=O)CC[C@H](NC(=O)OCc1ccccc1)C(=O)OC(C)(C)C. The third-order valence-corrected chi connectivity index (χ3v) is 3.30. The van der Waals surface area contributed by atoms with E-state index in [1.165, 1.54) is 0 Å². The summed E-state index contributed by atoms with van der Waals surface area (Å²) in [5.74, 6) is -0.555. The first-order valence-electron chi connectivity index (χ1n) is 8.43. The lowest BCUT2D eigenvalue weighted by Gasteiger charge is -2.24. The van der Waals surface area contributed by atoms with Crippen molar-refractivity contribution in [1.82, 2.24) is 5.32 Å². The van der Waals surface area contributed by atoms with E-state index in [9.17, 15) is 14.4 Å². The van der Waals surface area contributed by atoms with Gasteiger partial charge in [-0.05, 0) is 32.8 Å². The number of Topliss-reactive ketones (excluding diaryl/α,β-unsaturated/α-hetero) is 1. The number of esters is 1. The molecule has 0 aromatic heterocycles. The van der Waals surface area contributed by atoms with Crippen molar-refractivity contribution in [2.45, 2.75) is 65.2 Å². The van der Waals surface area contributed by atoms with Crippen molar-refractivity contribution in [2.75, 3.05) is 0 Å². The van der Waals surface area contributed by atoms with E-state index in [0.29, 0.717) is 6.42 Å². The summed E-state index contributed by atoms with van der Waals surface area (Å²) >= 11 is 0. The van der Waals surface area contributed by atoms with Crippen molar-refractivity contribution in [1.29, 1.82) is 0 Å². The third kappa shape index (κ3) is 8.88. The fourth-order valence-electron chi connectivity index (χ4n) is 2.01. The number of ketones is 1. The lowest BCUT2D eigenvalue weighted by atomic mass is 10.1. The number of carbonyl (C=O) groups excluding carboxylic acids is 3. The van der Waals surface area contributed by atoms with Crippen LogP contribution in [0.15, 0.2) is 30.3 Å². The monoisotopic (exact) mass is 349 g/mol. The number of hydrogen-bond acceptors (Lipinski definition) is 5. The molecule has 0 aliphatic carbocycles. The molecule has 138 valence electrons. The Morgan fingerprint density at radius 2 is 1.76 bits per heavy atom. The maximum Gasteiger partial charge on any atom is 0.408 e. The Morgan fingerprint density at radius 1 is 1.12 bits per heavy atom. The second-order valence-electron chi connectivity index (χ2n) is 6.72. The molecule has 25 heavy (non-hydrogen) atoms. The number of rotatable bonds is 8. The zero-order valence-electron chi connectivity index (χ0n) is 15.3. The Hall–Kier alpha value is -2.37. The highest BCUT2D eigenvalue weighted by molar-refractivity contribution is 5.83. The second kappa shape index (κ2) is 9.81. The zero-order valence-corrected chi connectivity index (χ0v) is 15.3. The number of ether oxygens (including phenoxy) is 2. The molecule has 0 aliphatic rings. The Kier molecular flexibility index (Phi) is 8.11. The van der Waals surface area contributed by atoms with Crippen molar-refractivity contribution in [3.8, 4) is 0 Å². The van der Waals surface area contributed by atoms with Gasteiger partial charge in [0.25, 0.3) is 0 Å². The van der Waals surface area contributed by atoms with Crippen LogP contribution < -0.4 is 5.32 Å². The highest BCUT2D eigenvalue weighted by Gasteiger charge is 2.27. The first-order valence-corrected chi connectivity index (χ1v) is 8.43. The van der Waals surface area contributed by atoms with Crippen LogP contribution in [0.2, 0.25) is 0 Å². The third-order valence-electron chi connectivity index (χ3n) is 3.30. The van der Waals surface area contributed by atoms with Crippen LogP contribution in [0.4, 0.5) is 4.79 Å². The molecule has 1 atom stereocenters. The molecular weight excluding hydrogens is 322 g/mol. The van der Waals surface area contributed by atoms with Gasteiger partial charge in [-0.25, -0.2) is 9.59 Å². The average molecular weight is 349 g/mol. The number of nitrogens with one attached hydrogen (secondary N) is 1. The molecule has 1 aromatic carbocycles.